The van der Waals surface area contributed by atoms with Gasteiger partial charge in [-0.1, -0.05) is 56.6 Å². The van der Waals surface area contributed by atoms with E-state index in [4.69, 9.17) is 4.98 Å². The second-order valence-electron chi connectivity index (χ2n) is 6.28. The van der Waals surface area contributed by atoms with Crippen LogP contribution in [0.25, 0.3) is 0 Å². The molecule has 20 heavy (non-hydrogen) atoms. The minimum Gasteiger partial charge on any atom is -0.260 e. The van der Waals surface area contributed by atoms with Gasteiger partial charge in [-0.2, -0.15) is 0 Å². The van der Waals surface area contributed by atoms with Gasteiger partial charge in [0.25, 0.3) is 0 Å². The highest BCUT2D eigenvalue weighted by molar-refractivity contribution is 5.34. The fraction of sp³-hybridized carbons (Fsp3) is 0.526. The lowest BCUT2D eigenvalue weighted by Crippen LogP contribution is -2.39. The van der Waals surface area contributed by atoms with Crippen molar-refractivity contribution in [3.05, 3.63) is 54.4 Å². The Morgan fingerprint density at radius 1 is 1.15 bits per heavy atom. The summed E-state index contributed by atoms with van der Waals surface area (Å²) in [4.78, 5) is 4.71. The average molecular weight is 267 g/mol. The summed E-state index contributed by atoms with van der Waals surface area (Å²) in [6, 6.07) is 6.36. The SMILES string of the molecule is CC[C@]1(c2ccccn2)C=CC=CC1C1CCCCC1. The van der Waals surface area contributed by atoms with Crippen LogP contribution in [0.5, 0.6) is 0 Å². The quantitative estimate of drug-likeness (QED) is 0.746. The number of nitrogens with zero attached hydrogens (tertiary/aromatic N) is 1. The van der Waals surface area contributed by atoms with E-state index in [2.05, 4.69) is 43.4 Å². The Hall–Kier alpha value is -1.37. The highest BCUT2D eigenvalue weighted by atomic mass is 14.7. The molecule has 3 rings (SSSR count). The van der Waals surface area contributed by atoms with Crippen LogP contribution in [0.3, 0.4) is 0 Å². The second-order valence-corrected chi connectivity index (χ2v) is 6.28. The van der Waals surface area contributed by atoms with Gasteiger partial charge < -0.3 is 0 Å². The van der Waals surface area contributed by atoms with E-state index in [1.54, 1.807) is 0 Å². The van der Waals surface area contributed by atoms with Gasteiger partial charge >= 0.3 is 0 Å². The number of aromatic nitrogens is 1. The van der Waals surface area contributed by atoms with E-state index in [1.807, 2.05) is 12.3 Å². The number of rotatable bonds is 3. The third kappa shape index (κ3) is 2.34. The molecule has 1 heterocycles. The molecule has 0 amide bonds. The Balaban J connectivity index is 1.98. The maximum absolute atomic E-state index is 4.71. The topological polar surface area (TPSA) is 12.9 Å². The largest absolute Gasteiger partial charge is 0.260 e. The van der Waals surface area contributed by atoms with Crippen LogP contribution in [0, 0.1) is 11.8 Å². The highest BCUT2D eigenvalue weighted by Gasteiger charge is 2.41. The van der Waals surface area contributed by atoms with Gasteiger partial charge in [0.05, 0.1) is 5.69 Å². The molecule has 1 aromatic rings. The molecule has 0 bridgehead atoms. The van der Waals surface area contributed by atoms with Crippen molar-refractivity contribution in [2.75, 3.05) is 0 Å². The fourth-order valence-corrected chi connectivity index (χ4v) is 4.19. The zero-order valence-corrected chi connectivity index (χ0v) is 12.5. The summed E-state index contributed by atoms with van der Waals surface area (Å²) in [6.07, 6.45) is 19.4. The van der Waals surface area contributed by atoms with E-state index in [0.717, 1.165) is 12.3 Å². The summed E-state index contributed by atoms with van der Waals surface area (Å²) < 4.78 is 0. The molecule has 1 nitrogen and oxygen atoms in total. The molecule has 0 aliphatic heterocycles. The summed E-state index contributed by atoms with van der Waals surface area (Å²) in [5, 5.41) is 0. The molecular weight excluding hydrogens is 242 g/mol. The van der Waals surface area contributed by atoms with Crippen LogP contribution in [0.15, 0.2) is 48.7 Å². The first-order valence-corrected chi connectivity index (χ1v) is 8.14. The van der Waals surface area contributed by atoms with Gasteiger partial charge in [-0.3, -0.25) is 4.98 Å². The van der Waals surface area contributed by atoms with E-state index < -0.39 is 0 Å². The predicted molar refractivity (Wildman–Crippen MR) is 84.6 cm³/mol. The van der Waals surface area contributed by atoms with Crippen molar-refractivity contribution in [3.8, 4) is 0 Å². The Labute approximate surface area is 122 Å². The Morgan fingerprint density at radius 3 is 2.70 bits per heavy atom. The van der Waals surface area contributed by atoms with Crippen molar-refractivity contribution in [1.29, 1.82) is 0 Å². The van der Waals surface area contributed by atoms with Crippen LogP contribution in [0.1, 0.15) is 51.1 Å². The van der Waals surface area contributed by atoms with Crippen molar-refractivity contribution in [3.63, 3.8) is 0 Å². The zero-order valence-electron chi connectivity index (χ0n) is 12.5. The Bertz CT molecular complexity index is 482. The predicted octanol–water partition coefficient (Wildman–Crippen LogP) is 5.05. The number of allylic oxidation sites excluding steroid dienone is 4. The average Bonchev–Trinajstić information content (AvgIpc) is 2.56. The van der Waals surface area contributed by atoms with Crippen molar-refractivity contribution in [2.45, 2.75) is 50.9 Å². The van der Waals surface area contributed by atoms with Gasteiger partial charge in [0, 0.05) is 11.6 Å². The first-order valence-electron chi connectivity index (χ1n) is 8.14. The summed E-state index contributed by atoms with van der Waals surface area (Å²) in [5.41, 5.74) is 1.36. The monoisotopic (exact) mass is 267 g/mol. The molecule has 1 fully saturated rings. The standard InChI is InChI=1S/C19H25N/c1-2-19(18-13-7-9-15-20-18)14-8-6-12-17(19)16-10-4-3-5-11-16/h6-9,12-17H,2-5,10-11H2,1H3/t17?,19-/m0/s1. The van der Waals surface area contributed by atoms with Crippen molar-refractivity contribution in [2.24, 2.45) is 11.8 Å². The minimum atomic E-state index is 0.109. The molecular formula is C19H25N. The van der Waals surface area contributed by atoms with Crippen LogP contribution >= 0.6 is 0 Å². The zero-order chi connectivity index (χ0) is 13.8. The van der Waals surface area contributed by atoms with Gasteiger partial charge in [-0.05, 0) is 43.2 Å². The van der Waals surface area contributed by atoms with Crippen LogP contribution in [-0.4, -0.2) is 4.98 Å². The third-order valence-electron chi connectivity index (χ3n) is 5.30. The number of pyridine rings is 1. The molecule has 106 valence electrons. The lowest BCUT2D eigenvalue weighted by Gasteiger charge is -2.43. The molecule has 0 saturated heterocycles. The van der Waals surface area contributed by atoms with E-state index in [0.29, 0.717) is 5.92 Å². The minimum absolute atomic E-state index is 0.109. The molecule has 1 unspecified atom stereocenters. The summed E-state index contributed by atoms with van der Waals surface area (Å²) in [6.45, 7) is 2.31. The first kappa shape index (κ1) is 13.6. The molecule has 1 saturated carbocycles. The summed E-state index contributed by atoms with van der Waals surface area (Å²) in [7, 11) is 0. The van der Waals surface area contributed by atoms with Crippen LogP contribution in [0.4, 0.5) is 0 Å². The molecule has 2 aliphatic carbocycles. The van der Waals surface area contributed by atoms with E-state index in [-0.39, 0.29) is 5.41 Å². The Kier molecular flexibility index (Phi) is 4.05. The van der Waals surface area contributed by atoms with Crippen LogP contribution < -0.4 is 0 Å². The van der Waals surface area contributed by atoms with Gasteiger partial charge in [0.1, 0.15) is 0 Å². The normalized spacial score (nSPS) is 30.6. The van der Waals surface area contributed by atoms with Gasteiger partial charge in [0.15, 0.2) is 0 Å². The van der Waals surface area contributed by atoms with Crippen molar-refractivity contribution >= 4 is 0 Å². The van der Waals surface area contributed by atoms with Crippen molar-refractivity contribution < 1.29 is 0 Å². The Morgan fingerprint density at radius 2 is 2.00 bits per heavy atom. The molecule has 2 aliphatic rings. The van der Waals surface area contributed by atoms with Crippen LogP contribution in [-0.2, 0) is 5.41 Å². The molecule has 0 radical (unpaired) electrons. The van der Waals surface area contributed by atoms with E-state index >= 15 is 0 Å². The lowest BCUT2D eigenvalue weighted by atomic mass is 9.61. The number of hydrogen-bond acceptors (Lipinski definition) is 1. The molecule has 1 heteroatoms. The summed E-state index contributed by atoms with van der Waals surface area (Å²) >= 11 is 0. The third-order valence-corrected chi connectivity index (χ3v) is 5.30. The van der Waals surface area contributed by atoms with E-state index in [1.165, 1.54) is 37.8 Å². The smallest absolute Gasteiger partial charge is 0.0509 e. The molecule has 1 aromatic heterocycles. The first-order chi connectivity index (χ1) is 9.87. The maximum atomic E-state index is 4.71. The second kappa shape index (κ2) is 5.95. The van der Waals surface area contributed by atoms with Gasteiger partial charge in [-0.15, -0.1) is 0 Å². The molecule has 0 spiro atoms. The van der Waals surface area contributed by atoms with E-state index in [9.17, 15) is 0 Å². The molecule has 0 N–H and O–H groups in total. The molecule has 0 aromatic carbocycles. The number of hydrogen-bond donors (Lipinski definition) is 0. The van der Waals surface area contributed by atoms with Gasteiger partial charge in [0.2, 0.25) is 0 Å². The van der Waals surface area contributed by atoms with Gasteiger partial charge in [-0.25, -0.2) is 0 Å². The van der Waals surface area contributed by atoms with Crippen molar-refractivity contribution in [1.82, 2.24) is 4.98 Å². The maximum Gasteiger partial charge on any atom is 0.0509 e. The highest BCUT2D eigenvalue weighted by Crippen LogP contribution is 2.46. The fourth-order valence-electron chi connectivity index (χ4n) is 4.19. The summed E-state index contributed by atoms with van der Waals surface area (Å²) in [5.74, 6) is 1.44. The van der Waals surface area contributed by atoms with Crippen LogP contribution in [0.2, 0.25) is 0 Å². The molecule has 2 atom stereocenters. The lowest BCUT2D eigenvalue weighted by molar-refractivity contribution is 0.207.